The third-order valence-electron chi connectivity index (χ3n) is 5.45. The number of anilines is 2. The molecule has 0 unspecified atom stereocenters. The molecule has 1 aliphatic heterocycles. The Morgan fingerprint density at radius 3 is 2.70 bits per heavy atom. The van der Waals surface area contributed by atoms with Gasteiger partial charge in [0.15, 0.2) is 0 Å². The summed E-state index contributed by atoms with van der Waals surface area (Å²) in [5.41, 5.74) is 1.73. The van der Waals surface area contributed by atoms with Crippen molar-refractivity contribution >= 4 is 23.3 Å². The monoisotopic (exact) mass is 450 g/mol. The van der Waals surface area contributed by atoms with E-state index in [1.807, 2.05) is 6.92 Å². The number of nitrogens with zero attached hydrogens (tertiary/aromatic N) is 4. The predicted octanol–water partition coefficient (Wildman–Crippen LogP) is 2.22. The lowest BCUT2D eigenvalue weighted by Gasteiger charge is -2.17. The fourth-order valence-electron chi connectivity index (χ4n) is 3.85. The summed E-state index contributed by atoms with van der Waals surface area (Å²) >= 11 is 0. The van der Waals surface area contributed by atoms with E-state index in [2.05, 4.69) is 20.4 Å². The first-order valence-electron chi connectivity index (χ1n) is 10.8. The number of H-pyrrole nitrogens is 1. The summed E-state index contributed by atoms with van der Waals surface area (Å²) in [6.07, 6.45) is 1.61. The van der Waals surface area contributed by atoms with E-state index >= 15 is 0 Å². The molecule has 0 spiro atoms. The van der Waals surface area contributed by atoms with Gasteiger partial charge in [-0.05, 0) is 37.6 Å². The number of amides is 2. The topological polar surface area (TPSA) is 122 Å². The molecule has 1 fully saturated rings. The van der Waals surface area contributed by atoms with Crippen molar-refractivity contribution in [2.45, 2.75) is 33.1 Å². The Labute approximate surface area is 190 Å². The normalized spacial score (nSPS) is 15.7. The molecule has 1 atom stereocenters. The number of aryl methyl sites for hydroxylation is 2. The van der Waals surface area contributed by atoms with Gasteiger partial charge in [0.2, 0.25) is 17.8 Å². The van der Waals surface area contributed by atoms with Gasteiger partial charge in [-0.1, -0.05) is 13.3 Å². The van der Waals surface area contributed by atoms with Crippen LogP contribution in [0.5, 0.6) is 5.75 Å². The summed E-state index contributed by atoms with van der Waals surface area (Å²) in [6.45, 7) is 4.06. The number of aromatic nitrogens is 4. The molecule has 4 rings (SSSR count). The Kier molecular flexibility index (Phi) is 6.25. The highest BCUT2D eigenvalue weighted by molar-refractivity contribution is 6.03. The van der Waals surface area contributed by atoms with E-state index in [-0.39, 0.29) is 36.3 Å². The average Bonchev–Trinajstić information content (AvgIpc) is 3.36. The van der Waals surface area contributed by atoms with Gasteiger partial charge in [-0.15, -0.1) is 0 Å². The molecule has 2 aromatic heterocycles. The number of carbonyl (C=O) groups excluding carboxylic acids is 2. The zero-order valence-corrected chi connectivity index (χ0v) is 18.8. The van der Waals surface area contributed by atoms with Crippen molar-refractivity contribution in [2.24, 2.45) is 5.92 Å². The van der Waals surface area contributed by atoms with E-state index in [0.717, 1.165) is 6.42 Å². The minimum Gasteiger partial charge on any atom is -0.497 e. The van der Waals surface area contributed by atoms with Gasteiger partial charge in [0, 0.05) is 36.5 Å². The van der Waals surface area contributed by atoms with Crippen molar-refractivity contribution in [1.29, 1.82) is 0 Å². The molecule has 0 radical (unpaired) electrons. The van der Waals surface area contributed by atoms with Crippen molar-refractivity contribution in [2.75, 3.05) is 23.9 Å². The average molecular weight is 450 g/mol. The highest BCUT2D eigenvalue weighted by Crippen LogP contribution is 2.28. The van der Waals surface area contributed by atoms with Crippen LogP contribution in [0.4, 0.5) is 11.5 Å². The SMILES string of the molecule is CCCc1cc(=O)[nH]c(-n2nc(C)cc2NC(=O)[C@H]2CC(=O)N(c3ccc(OC)cc3)C2)n1. The first-order chi connectivity index (χ1) is 15.9. The summed E-state index contributed by atoms with van der Waals surface area (Å²) in [5, 5.41) is 7.23. The number of carbonyl (C=O) groups is 2. The van der Waals surface area contributed by atoms with Gasteiger partial charge < -0.3 is 15.0 Å². The molecule has 0 aliphatic carbocycles. The Morgan fingerprint density at radius 1 is 1.24 bits per heavy atom. The van der Waals surface area contributed by atoms with E-state index in [4.69, 9.17) is 4.74 Å². The molecule has 2 N–H and O–H groups in total. The number of benzene rings is 1. The van der Waals surface area contributed by atoms with E-state index in [9.17, 15) is 14.4 Å². The molecule has 0 saturated carbocycles. The number of methoxy groups -OCH3 is 1. The smallest absolute Gasteiger partial charge is 0.252 e. The van der Waals surface area contributed by atoms with Crippen LogP contribution >= 0.6 is 0 Å². The maximum atomic E-state index is 13.0. The highest BCUT2D eigenvalue weighted by atomic mass is 16.5. The molecule has 10 heteroatoms. The van der Waals surface area contributed by atoms with Crippen LogP contribution in [0, 0.1) is 12.8 Å². The van der Waals surface area contributed by atoms with Gasteiger partial charge in [0.25, 0.3) is 5.56 Å². The lowest BCUT2D eigenvalue weighted by molar-refractivity contribution is -0.122. The van der Waals surface area contributed by atoms with Crippen LogP contribution in [0.15, 0.2) is 41.2 Å². The van der Waals surface area contributed by atoms with Gasteiger partial charge in [-0.25, -0.2) is 4.98 Å². The molecule has 3 heterocycles. The first kappa shape index (κ1) is 22.3. The molecule has 33 heavy (non-hydrogen) atoms. The van der Waals surface area contributed by atoms with E-state index in [1.54, 1.807) is 49.3 Å². The maximum Gasteiger partial charge on any atom is 0.252 e. The van der Waals surface area contributed by atoms with Crippen molar-refractivity contribution in [3.8, 4) is 11.7 Å². The minimum atomic E-state index is -0.526. The number of nitrogens with one attached hydrogen (secondary N) is 2. The number of rotatable bonds is 7. The van der Waals surface area contributed by atoms with Crippen LogP contribution in [-0.2, 0) is 16.0 Å². The minimum absolute atomic E-state index is 0.103. The van der Waals surface area contributed by atoms with Crippen molar-refractivity contribution < 1.29 is 14.3 Å². The third kappa shape index (κ3) is 4.79. The molecular formula is C23H26N6O4. The van der Waals surface area contributed by atoms with Gasteiger partial charge in [-0.3, -0.25) is 19.4 Å². The van der Waals surface area contributed by atoms with E-state index in [1.165, 1.54) is 10.7 Å². The Hall–Kier alpha value is -3.95. The van der Waals surface area contributed by atoms with Crippen LogP contribution in [0.3, 0.4) is 0 Å². The Bertz CT molecular complexity index is 1230. The zero-order chi connectivity index (χ0) is 23.5. The third-order valence-corrected chi connectivity index (χ3v) is 5.45. The molecule has 172 valence electrons. The Balaban J connectivity index is 1.53. The fraction of sp³-hybridized carbons (Fsp3) is 0.348. The van der Waals surface area contributed by atoms with Gasteiger partial charge in [-0.2, -0.15) is 9.78 Å². The molecule has 1 saturated heterocycles. The van der Waals surface area contributed by atoms with Gasteiger partial charge >= 0.3 is 0 Å². The summed E-state index contributed by atoms with van der Waals surface area (Å²) < 4.78 is 6.57. The molecular weight excluding hydrogens is 424 g/mol. The fourth-order valence-corrected chi connectivity index (χ4v) is 3.85. The van der Waals surface area contributed by atoms with Crippen molar-refractivity contribution in [1.82, 2.24) is 19.7 Å². The first-order valence-corrected chi connectivity index (χ1v) is 10.8. The number of aromatic amines is 1. The van der Waals surface area contributed by atoms with Crippen LogP contribution in [0.25, 0.3) is 5.95 Å². The quantitative estimate of drug-likeness (QED) is 0.569. The molecule has 1 aliphatic rings. The summed E-state index contributed by atoms with van der Waals surface area (Å²) in [6, 6.07) is 10.3. The van der Waals surface area contributed by atoms with Crippen LogP contribution in [0.2, 0.25) is 0 Å². The second kappa shape index (κ2) is 9.27. The van der Waals surface area contributed by atoms with Crippen molar-refractivity contribution in [3.63, 3.8) is 0 Å². The highest BCUT2D eigenvalue weighted by Gasteiger charge is 2.35. The lowest BCUT2D eigenvalue weighted by Crippen LogP contribution is -2.28. The molecule has 10 nitrogen and oxygen atoms in total. The summed E-state index contributed by atoms with van der Waals surface area (Å²) in [7, 11) is 1.58. The predicted molar refractivity (Wildman–Crippen MR) is 123 cm³/mol. The van der Waals surface area contributed by atoms with Crippen molar-refractivity contribution in [3.05, 3.63) is 58.1 Å². The lowest BCUT2D eigenvalue weighted by atomic mass is 10.1. The second-order valence-corrected chi connectivity index (χ2v) is 7.99. The van der Waals surface area contributed by atoms with Crippen LogP contribution in [0.1, 0.15) is 31.2 Å². The summed E-state index contributed by atoms with van der Waals surface area (Å²) in [4.78, 5) is 46.4. The molecule has 1 aromatic carbocycles. The second-order valence-electron chi connectivity index (χ2n) is 7.99. The van der Waals surface area contributed by atoms with Gasteiger partial charge in [0.05, 0.1) is 18.7 Å². The summed E-state index contributed by atoms with van der Waals surface area (Å²) in [5.74, 6) is 0.358. The molecule has 0 bridgehead atoms. The largest absolute Gasteiger partial charge is 0.497 e. The number of ether oxygens (including phenoxy) is 1. The standard InChI is InChI=1S/C23H26N6O4/c1-4-5-16-12-20(30)26-23(24-16)29-19(10-14(2)27-29)25-22(32)15-11-21(31)28(13-15)17-6-8-18(33-3)9-7-17/h6-10,12,15H,4-5,11,13H2,1-3H3,(H,25,32)(H,24,26,30)/t15-/m0/s1. The molecule has 2 amide bonds. The zero-order valence-electron chi connectivity index (χ0n) is 18.8. The van der Waals surface area contributed by atoms with Gasteiger partial charge in [0.1, 0.15) is 11.6 Å². The maximum absolute atomic E-state index is 13.0. The van der Waals surface area contributed by atoms with E-state index in [0.29, 0.717) is 35.1 Å². The van der Waals surface area contributed by atoms with E-state index < -0.39 is 5.92 Å². The Morgan fingerprint density at radius 2 is 2.00 bits per heavy atom. The molecule has 3 aromatic rings. The number of hydrogen-bond donors (Lipinski definition) is 2. The van der Waals surface area contributed by atoms with Crippen LogP contribution in [-0.4, -0.2) is 45.2 Å². The van der Waals surface area contributed by atoms with Crippen LogP contribution < -0.4 is 20.5 Å². The number of hydrogen-bond acceptors (Lipinski definition) is 6.